The minimum Gasteiger partial charge on any atom is -0.409 e. The van der Waals surface area contributed by atoms with E-state index in [2.05, 4.69) is 5.16 Å². The molecule has 1 rings (SSSR count). The fourth-order valence-electron chi connectivity index (χ4n) is 0.997. The second-order valence-electron chi connectivity index (χ2n) is 3.02. The van der Waals surface area contributed by atoms with Crippen LogP contribution in [-0.2, 0) is 11.3 Å². The molecule has 15 heavy (non-hydrogen) atoms. The van der Waals surface area contributed by atoms with Crippen LogP contribution in [0.15, 0.2) is 29.4 Å². The molecule has 0 aliphatic carbocycles. The molecule has 0 aliphatic heterocycles. The van der Waals surface area contributed by atoms with Crippen molar-refractivity contribution in [3.8, 4) is 0 Å². The topological polar surface area (TPSA) is 67.8 Å². The van der Waals surface area contributed by atoms with Crippen LogP contribution in [0.3, 0.4) is 0 Å². The van der Waals surface area contributed by atoms with Crippen molar-refractivity contribution in [1.82, 2.24) is 0 Å². The van der Waals surface area contributed by atoms with Gasteiger partial charge >= 0.3 is 0 Å². The van der Waals surface area contributed by atoms with Gasteiger partial charge in [0.05, 0.1) is 13.2 Å². The van der Waals surface area contributed by atoms with Crippen LogP contribution in [0.25, 0.3) is 0 Å². The molecule has 0 amide bonds. The maximum absolute atomic E-state index is 8.27. The quantitative estimate of drug-likeness (QED) is 0.266. The van der Waals surface area contributed by atoms with Gasteiger partial charge in [-0.1, -0.05) is 28.9 Å². The Kier molecular flexibility index (Phi) is 4.93. The van der Waals surface area contributed by atoms with Gasteiger partial charge in [-0.25, -0.2) is 0 Å². The number of hydrogen-bond donors (Lipinski definition) is 2. The highest BCUT2D eigenvalue weighted by molar-refractivity contribution is 6.30. The number of hydrogen-bond acceptors (Lipinski definition) is 3. The summed E-state index contributed by atoms with van der Waals surface area (Å²) in [5.74, 6) is 0.172. The maximum Gasteiger partial charge on any atom is 0.141 e. The Morgan fingerprint density at radius 1 is 1.40 bits per heavy atom. The zero-order valence-corrected chi connectivity index (χ0v) is 8.94. The van der Waals surface area contributed by atoms with Crippen LogP contribution >= 0.6 is 11.6 Å². The van der Waals surface area contributed by atoms with Crippen molar-refractivity contribution in [2.75, 3.05) is 6.61 Å². The molecule has 0 bridgehead atoms. The number of benzene rings is 1. The number of amidine groups is 1. The molecule has 4 nitrogen and oxygen atoms in total. The average Bonchev–Trinajstić information content (AvgIpc) is 2.26. The van der Waals surface area contributed by atoms with Crippen molar-refractivity contribution in [3.63, 3.8) is 0 Å². The van der Waals surface area contributed by atoms with Crippen molar-refractivity contribution in [1.29, 1.82) is 0 Å². The fourth-order valence-corrected chi connectivity index (χ4v) is 1.12. The molecule has 0 saturated carbocycles. The molecular weight excluding hydrogens is 216 g/mol. The van der Waals surface area contributed by atoms with Crippen molar-refractivity contribution in [3.05, 3.63) is 34.9 Å². The SMILES string of the molecule is NC(CCOCc1ccc(Cl)cc1)=NO. The predicted octanol–water partition coefficient (Wildman–Crippen LogP) is 1.99. The van der Waals surface area contributed by atoms with Crippen LogP contribution in [-0.4, -0.2) is 17.6 Å². The molecule has 1 aromatic rings. The number of nitrogens with two attached hydrogens (primary N) is 1. The fraction of sp³-hybridized carbons (Fsp3) is 0.300. The minimum absolute atomic E-state index is 0.172. The molecule has 0 aliphatic rings. The summed E-state index contributed by atoms with van der Waals surface area (Å²) in [7, 11) is 0. The summed E-state index contributed by atoms with van der Waals surface area (Å²) >= 11 is 5.73. The maximum atomic E-state index is 8.27. The van der Waals surface area contributed by atoms with E-state index >= 15 is 0 Å². The van der Waals surface area contributed by atoms with Gasteiger partial charge in [-0.2, -0.15) is 0 Å². The lowest BCUT2D eigenvalue weighted by atomic mass is 10.2. The summed E-state index contributed by atoms with van der Waals surface area (Å²) < 4.78 is 5.32. The Hall–Kier alpha value is -1.26. The lowest BCUT2D eigenvalue weighted by Crippen LogP contribution is -2.14. The van der Waals surface area contributed by atoms with E-state index in [1.807, 2.05) is 24.3 Å². The third-order valence-electron chi connectivity index (χ3n) is 1.81. The Morgan fingerprint density at radius 2 is 2.07 bits per heavy atom. The minimum atomic E-state index is 0.172. The third kappa shape index (κ3) is 4.67. The van der Waals surface area contributed by atoms with E-state index in [1.165, 1.54) is 0 Å². The van der Waals surface area contributed by atoms with Crippen molar-refractivity contribution in [2.24, 2.45) is 10.9 Å². The number of nitrogens with zero attached hydrogens (tertiary/aromatic N) is 1. The van der Waals surface area contributed by atoms with Gasteiger partial charge in [-0.3, -0.25) is 0 Å². The van der Waals surface area contributed by atoms with E-state index < -0.39 is 0 Å². The summed E-state index contributed by atoms with van der Waals surface area (Å²) in [6.45, 7) is 0.925. The average molecular weight is 229 g/mol. The second kappa shape index (κ2) is 6.27. The van der Waals surface area contributed by atoms with Gasteiger partial charge in [0, 0.05) is 11.4 Å². The summed E-state index contributed by atoms with van der Waals surface area (Å²) in [5.41, 5.74) is 6.32. The van der Waals surface area contributed by atoms with E-state index in [9.17, 15) is 0 Å². The molecule has 0 unspecified atom stereocenters. The highest BCUT2D eigenvalue weighted by Crippen LogP contribution is 2.10. The van der Waals surface area contributed by atoms with Gasteiger partial charge in [0.1, 0.15) is 5.84 Å². The van der Waals surface area contributed by atoms with Crippen molar-refractivity contribution in [2.45, 2.75) is 13.0 Å². The normalized spacial score (nSPS) is 11.7. The lowest BCUT2D eigenvalue weighted by molar-refractivity contribution is 0.127. The summed E-state index contributed by atoms with van der Waals surface area (Å²) in [6, 6.07) is 7.41. The Labute approximate surface area is 93.3 Å². The van der Waals surface area contributed by atoms with Gasteiger partial charge in [0.2, 0.25) is 0 Å². The standard InChI is InChI=1S/C10H13ClN2O2/c11-9-3-1-8(2-4-9)7-15-6-5-10(12)13-14/h1-4,14H,5-7H2,(H2,12,13). The molecule has 0 atom stereocenters. The molecule has 0 saturated heterocycles. The van der Waals surface area contributed by atoms with Gasteiger partial charge < -0.3 is 15.7 Å². The molecule has 0 radical (unpaired) electrons. The van der Waals surface area contributed by atoms with Crippen LogP contribution in [0.5, 0.6) is 0 Å². The lowest BCUT2D eigenvalue weighted by Gasteiger charge is -2.03. The van der Waals surface area contributed by atoms with E-state index in [0.29, 0.717) is 24.7 Å². The van der Waals surface area contributed by atoms with Gasteiger partial charge in [-0.05, 0) is 17.7 Å². The Balaban J connectivity index is 2.23. The molecule has 5 heteroatoms. The molecular formula is C10H13ClN2O2. The van der Waals surface area contributed by atoms with Gasteiger partial charge in [0.25, 0.3) is 0 Å². The molecule has 0 spiro atoms. The molecule has 82 valence electrons. The van der Waals surface area contributed by atoms with Gasteiger partial charge in [0.15, 0.2) is 0 Å². The van der Waals surface area contributed by atoms with Crippen molar-refractivity contribution >= 4 is 17.4 Å². The zero-order chi connectivity index (χ0) is 11.1. The van der Waals surface area contributed by atoms with Crippen LogP contribution in [0.2, 0.25) is 5.02 Å². The molecule has 1 aromatic carbocycles. The van der Waals surface area contributed by atoms with E-state index in [-0.39, 0.29) is 5.84 Å². The molecule has 0 aromatic heterocycles. The first-order valence-electron chi connectivity index (χ1n) is 4.51. The monoisotopic (exact) mass is 228 g/mol. The first kappa shape index (κ1) is 11.8. The van der Waals surface area contributed by atoms with Gasteiger partial charge in [-0.15, -0.1) is 0 Å². The third-order valence-corrected chi connectivity index (χ3v) is 2.06. The highest BCUT2D eigenvalue weighted by Gasteiger charge is 1.95. The largest absolute Gasteiger partial charge is 0.409 e. The van der Waals surface area contributed by atoms with E-state index in [0.717, 1.165) is 5.56 Å². The number of halogens is 1. The number of rotatable bonds is 5. The Bertz CT molecular complexity index is 325. The van der Waals surface area contributed by atoms with Crippen molar-refractivity contribution < 1.29 is 9.94 Å². The summed E-state index contributed by atoms with van der Waals surface area (Å²) in [5, 5.41) is 11.8. The molecule has 3 N–H and O–H groups in total. The van der Waals surface area contributed by atoms with Crippen LogP contribution in [0, 0.1) is 0 Å². The second-order valence-corrected chi connectivity index (χ2v) is 3.46. The first-order valence-corrected chi connectivity index (χ1v) is 4.89. The van der Waals surface area contributed by atoms with Crippen LogP contribution in [0.4, 0.5) is 0 Å². The van der Waals surface area contributed by atoms with E-state index in [4.69, 9.17) is 27.3 Å². The van der Waals surface area contributed by atoms with Crippen LogP contribution < -0.4 is 5.73 Å². The van der Waals surface area contributed by atoms with E-state index in [1.54, 1.807) is 0 Å². The smallest absolute Gasteiger partial charge is 0.141 e. The highest BCUT2D eigenvalue weighted by atomic mass is 35.5. The summed E-state index contributed by atoms with van der Waals surface area (Å²) in [6.07, 6.45) is 0.421. The first-order chi connectivity index (χ1) is 7.22. The zero-order valence-electron chi connectivity index (χ0n) is 8.19. The summed E-state index contributed by atoms with van der Waals surface area (Å²) in [4.78, 5) is 0. The molecule has 0 fully saturated rings. The number of oxime groups is 1. The molecule has 0 heterocycles. The predicted molar refractivity (Wildman–Crippen MR) is 59.1 cm³/mol. The number of ether oxygens (including phenoxy) is 1. The Morgan fingerprint density at radius 3 is 2.67 bits per heavy atom. The van der Waals surface area contributed by atoms with Crippen LogP contribution in [0.1, 0.15) is 12.0 Å².